The van der Waals surface area contributed by atoms with Gasteiger partial charge in [-0.2, -0.15) is 0 Å². The molecule has 0 atom stereocenters. The second-order valence-corrected chi connectivity index (χ2v) is 3.41. The number of rotatable bonds is 2. The summed E-state index contributed by atoms with van der Waals surface area (Å²) in [4.78, 5) is 19.5. The van der Waals surface area contributed by atoms with Gasteiger partial charge in [-0.25, -0.2) is 0 Å². The molecular weight excluding hydrogens is 202 g/mol. The predicted octanol–water partition coefficient (Wildman–Crippen LogP) is 1.55. The molecule has 0 saturated heterocycles. The first-order chi connectivity index (χ1) is 7.68. The number of hydrogen-bond acceptors (Lipinski definition) is 3. The van der Waals surface area contributed by atoms with Gasteiger partial charge >= 0.3 is 0 Å². The summed E-state index contributed by atoms with van der Waals surface area (Å²) in [6.07, 6.45) is 1.70. The number of pyridine rings is 2. The maximum Gasteiger partial charge on any atom is 0.250 e. The molecule has 0 fully saturated rings. The molecule has 2 aromatic heterocycles. The molecule has 80 valence electrons. The van der Waals surface area contributed by atoms with Crippen LogP contribution >= 0.6 is 0 Å². The molecule has 0 bridgehead atoms. The molecule has 0 unspecified atom stereocenters. The molecule has 0 aromatic carbocycles. The molecule has 2 N–H and O–H groups in total. The van der Waals surface area contributed by atoms with E-state index in [0.717, 1.165) is 11.4 Å². The Kier molecular flexibility index (Phi) is 2.64. The minimum Gasteiger partial charge on any atom is -0.366 e. The van der Waals surface area contributed by atoms with Gasteiger partial charge in [0.15, 0.2) is 0 Å². The van der Waals surface area contributed by atoms with Crippen LogP contribution in [-0.4, -0.2) is 15.9 Å². The maximum absolute atomic E-state index is 11.0. The minimum atomic E-state index is -0.461. The summed E-state index contributed by atoms with van der Waals surface area (Å²) < 4.78 is 0. The molecule has 2 heterocycles. The molecule has 0 spiro atoms. The van der Waals surface area contributed by atoms with Gasteiger partial charge in [0.1, 0.15) is 0 Å². The predicted molar refractivity (Wildman–Crippen MR) is 60.7 cm³/mol. The second-order valence-electron chi connectivity index (χ2n) is 3.41. The lowest BCUT2D eigenvalue weighted by Gasteiger charge is -2.04. The molecule has 16 heavy (non-hydrogen) atoms. The van der Waals surface area contributed by atoms with Crippen LogP contribution in [0.5, 0.6) is 0 Å². The summed E-state index contributed by atoms with van der Waals surface area (Å²) in [6.45, 7) is 1.76. The lowest BCUT2D eigenvalue weighted by Crippen LogP contribution is -2.13. The SMILES string of the molecule is Cc1nc(-c2ccccn2)ccc1C(N)=O. The van der Waals surface area contributed by atoms with Gasteiger partial charge in [-0.3, -0.25) is 14.8 Å². The quantitative estimate of drug-likeness (QED) is 0.822. The Morgan fingerprint density at radius 3 is 2.56 bits per heavy atom. The Morgan fingerprint density at radius 1 is 1.19 bits per heavy atom. The fourth-order valence-corrected chi connectivity index (χ4v) is 1.48. The van der Waals surface area contributed by atoms with Crippen molar-refractivity contribution in [3.8, 4) is 11.4 Å². The maximum atomic E-state index is 11.0. The summed E-state index contributed by atoms with van der Waals surface area (Å²) in [5, 5.41) is 0. The van der Waals surface area contributed by atoms with Gasteiger partial charge in [-0.15, -0.1) is 0 Å². The standard InChI is InChI=1S/C12H11N3O/c1-8-9(12(13)16)5-6-11(15-8)10-4-2-3-7-14-10/h2-7H,1H3,(H2,13,16). The van der Waals surface area contributed by atoms with Gasteiger partial charge in [0.05, 0.1) is 22.6 Å². The molecule has 0 radical (unpaired) electrons. The lowest BCUT2D eigenvalue weighted by atomic mass is 10.1. The molecule has 0 aliphatic heterocycles. The largest absolute Gasteiger partial charge is 0.366 e. The van der Waals surface area contributed by atoms with Crippen molar-refractivity contribution < 1.29 is 4.79 Å². The van der Waals surface area contributed by atoms with Gasteiger partial charge in [0, 0.05) is 6.20 Å². The number of primary amides is 1. The minimum absolute atomic E-state index is 0.444. The van der Waals surface area contributed by atoms with E-state index in [1.54, 1.807) is 25.3 Å². The van der Waals surface area contributed by atoms with Gasteiger partial charge in [0.2, 0.25) is 0 Å². The zero-order valence-corrected chi connectivity index (χ0v) is 8.84. The Hall–Kier alpha value is -2.23. The molecule has 4 nitrogen and oxygen atoms in total. The molecular formula is C12H11N3O. The Morgan fingerprint density at radius 2 is 2.00 bits per heavy atom. The number of nitrogens with zero attached hydrogens (tertiary/aromatic N) is 2. The first-order valence-corrected chi connectivity index (χ1v) is 4.87. The van der Waals surface area contributed by atoms with E-state index in [9.17, 15) is 4.79 Å². The average Bonchev–Trinajstić information content (AvgIpc) is 2.29. The van der Waals surface area contributed by atoms with E-state index in [0.29, 0.717) is 11.3 Å². The number of aryl methyl sites for hydroxylation is 1. The van der Waals surface area contributed by atoms with E-state index in [1.807, 2.05) is 18.2 Å². The van der Waals surface area contributed by atoms with Crippen molar-refractivity contribution >= 4 is 5.91 Å². The number of aromatic nitrogens is 2. The van der Waals surface area contributed by atoms with Crippen molar-refractivity contribution in [2.75, 3.05) is 0 Å². The van der Waals surface area contributed by atoms with Crippen LogP contribution in [0, 0.1) is 6.92 Å². The molecule has 0 aliphatic carbocycles. The van der Waals surface area contributed by atoms with E-state index in [-0.39, 0.29) is 0 Å². The van der Waals surface area contributed by atoms with Crippen LogP contribution < -0.4 is 5.73 Å². The third kappa shape index (κ3) is 1.91. The van der Waals surface area contributed by atoms with Crippen molar-refractivity contribution in [2.24, 2.45) is 5.73 Å². The summed E-state index contributed by atoms with van der Waals surface area (Å²) >= 11 is 0. The number of carbonyl (C=O) groups is 1. The monoisotopic (exact) mass is 213 g/mol. The van der Waals surface area contributed by atoms with E-state index in [1.165, 1.54) is 0 Å². The highest BCUT2D eigenvalue weighted by atomic mass is 16.1. The van der Waals surface area contributed by atoms with Crippen LogP contribution in [0.2, 0.25) is 0 Å². The van der Waals surface area contributed by atoms with Crippen LogP contribution in [0.1, 0.15) is 16.1 Å². The third-order valence-electron chi connectivity index (χ3n) is 2.28. The molecule has 4 heteroatoms. The Labute approximate surface area is 93.2 Å². The second kappa shape index (κ2) is 4.10. The van der Waals surface area contributed by atoms with Crippen molar-refractivity contribution in [1.29, 1.82) is 0 Å². The van der Waals surface area contributed by atoms with Gasteiger partial charge in [-0.1, -0.05) is 6.07 Å². The van der Waals surface area contributed by atoms with Crippen LogP contribution in [0.25, 0.3) is 11.4 Å². The highest BCUT2D eigenvalue weighted by Gasteiger charge is 2.08. The fourth-order valence-electron chi connectivity index (χ4n) is 1.48. The fraction of sp³-hybridized carbons (Fsp3) is 0.0833. The highest BCUT2D eigenvalue weighted by molar-refractivity contribution is 5.94. The van der Waals surface area contributed by atoms with E-state index < -0.39 is 5.91 Å². The first-order valence-electron chi connectivity index (χ1n) is 4.87. The number of carbonyl (C=O) groups excluding carboxylic acids is 1. The van der Waals surface area contributed by atoms with Crippen LogP contribution in [0.15, 0.2) is 36.5 Å². The summed E-state index contributed by atoms with van der Waals surface area (Å²) in [6, 6.07) is 9.02. The zero-order chi connectivity index (χ0) is 11.5. The van der Waals surface area contributed by atoms with Gasteiger partial charge < -0.3 is 5.73 Å². The summed E-state index contributed by atoms with van der Waals surface area (Å²) in [5.74, 6) is -0.461. The number of nitrogens with two attached hydrogens (primary N) is 1. The van der Waals surface area contributed by atoms with Crippen LogP contribution in [0.3, 0.4) is 0 Å². The number of amides is 1. The Bertz CT molecular complexity index is 523. The van der Waals surface area contributed by atoms with E-state index in [2.05, 4.69) is 9.97 Å². The van der Waals surface area contributed by atoms with Crippen LogP contribution in [0.4, 0.5) is 0 Å². The topological polar surface area (TPSA) is 68.9 Å². The molecule has 1 amide bonds. The third-order valence-corrected chi connectivity index (χ3v) is 2.28. The highest BCUT2D eigenvalue weighted by Crippen LogP contribution is 2.15. The molecule has 2 rings (SSSR count). The molecule has 0 aliphatic rings. The van der Waals surface area contributed by atoms with E-state index in [4.69, 9.17) is 5.73 Å². The molecule has 2 aromatic rings. The smallest absolute Gasteiger partial charge is 0.250 e. The normalized spacial score (nSPS) is 10.1. The van der Waals surface area contributed by atoms with Crippen molar-refractivity contribution in [1.82, 2.24) is 9.97 Å². The zero-order valence-electron chi connectivity index (χ0n) is 8.84. The number of hydrogen-bond donors (Lipinski definition) is 1. The van der Waals surface area contributed by atoms with Crippen LogP contribution in [-0.2, 0) is 0 Å². The summed E-state index contributed by atoms with van der Waals surface area (Å²) in [7, 11) is 0. The van der Waals surface area contributed by atoms with E-state index >= 15 is 0 Å². The lowest BCUT2D eigenvalue weighted by molar-refractivity contribution is 0.0999. The molecule has 0 saturated carbocycles. The van der Waals surface area contributed by atoms with Gasteiger partial charge in [0.25, 0.3) is 5.91 Å². The first kappa shape index (κ1) is 10.3. The Balaban J connectivity index is 2.46. The van der Waals surface area contributed by atoms with Crippen molar-refractivity contribution in [3.63, 3.8) is 0 Å². The van der Waals surface area contributed by atoms with Crippen molar-refractivity contribution in [3.05, 3.63) is 47.8 Å². The average molecular weight is 213 g/mol. The summed E-state index contributed by atoms with van der Waals surface area (Å²) in [5.41, 5.74) is 7.79. The van der Waals surface area contributed by atoms with Crippen molar-refractivity contribution in [2.45, 2.75) is 6.92 Å². The van der Waals surface area contributed by atoms with Gasteiger partial charge in [-0.05, 0) is 31.2 Å².